The Morgan fingerprint density at radius 1 is 1.26 bits per heavy atom. The van der Waals surface area contributed by atoms with Crippen LogP contribution in [0.5, 0.6) is 0 Å². The number of hydrogen-bond donors (Lipinski definition) is 3. The lowest BCUT2D eigenvalue weighted by Crippen LogP contribution is -2.35. The van der Waals surface area contributed by atoms with Crippen LogP contribution in [-0.4, -0.2) is 24.9 Å². The minimum Gasteiger partial charge on any atom is -0.398 e. The molecule has 5 heteroatoms. The summed E-state index contributed by atoms with van der Waals surface area (Å²) in [6.45, 7) is 2.78. The fraction of sp³-hybridized carbons (Fsp3) is 0.429. The molecule has 0 spiro atoms. The lowest BCUT2D eigenvalue weighted by molar-refractivity contribution is -0.122. The minimum atomic E-state index is -0.210. The zero-order valence-corrected chi connectivity index (χ0v) is 11.0. The summed E-state index contributed by atoms with van der Waals surface area (Å²) >= 11 is 0. The number of nitrogens with one attached hydrogen (secondary N) is 2. The number of carbonyl (C=O) groups is 2. The molecule has 1 aliphatic carbocycles. The largest absolute Gasteiger partial charge is 0.398 e. The Hall–Kier alpha value is -2.04. The molecular weight excluding hydrogens is 242 g/mol. The Morgan fingerprint density at radius 3 is 2.58 bits per heavy atom. The lowest BCUT2D eigenvalue weighted by atomic mass is 10.1. The van der Waals surface area contributed by atoms with Gasteiger partial charge in [-0.1, -0.05) is 6.07 Å². The predicted octanol–water partition coefficient (Wildman–Crippen LogP) is 0.833. The zero-order valence-electron chi connectivity index (χ0n) is 11.0. The number of aryl methyl sites for hydroxylation is 1. The third-order valence-corrected chi connectivity index (χ3v) is 3.11. The number of benzene rings is 1. The van der Waals surface area contributed by atoms with Crippen LogP contribution >= 0.6 is 0 Å². The van der Waals surface area contributed by atoms with E-state index in [-0.39, 0.29) is 17.7 Å². The van der Waals surface area contributed by atoms with E-state index >= 15 is 0 Å². The van der Waals surface area contributed by atoms with Crippen molar-refractivity contribution >= 4 is 17.5 Å². The summed E-state index contributed by atoms with van der Waals surface area (Å²) in [5, 5.41) is 5.53. The lowest BCUT2D eigenvalue weighted by Gasteiger charge is -2.09. The van der Waals surface area contributed by atoms with Crippen LogP contribution in [0.4, 0.5) is 5.69 Å². The van der Waals surface area contributed by atoms with E-state index < -0.39 is 0 Å². The molecule has 0 unspecified atom stereocenters. The highest BCUT2D eigenvalue weighted by Gasteiger charge is 2.28. The molecular formula is C14H19N3O2. The standard InChI is InChI=1S/C14H19N3O2/c1-9-2-5-11(12(15)8-9)14(19)17-7-6-16-13(18)10-3-4-10/h2,5,8,10H,3-4,6-7,15H2,1H3,(H,16,18)(H,17,19). The van der Waals surface area contributed by atoms with Crippen molar-refractivity contribution < 1.29 is 9.59 Å². The summed E-state index contributed by atoms with van der Waals surface area (Å²) in [6.07, 6.45) is 1.97. The van der Waals surface area contributed by atoms with Gasteiger partial charge in [-0.25, -0.2) is 0 Å². The van der Waals surface area contributed by atoms with E-state index in [4.69, 9.17) is 5.73 Å². The molecule has 1 fully saturated rings. The molecule has 0 aliphatic heterocycles. The molecule has 0 bridgehead atoms. The van der Waals surface area contributed by atoms with Crippen molar-refractivity contribution in [3.63, 3.8) is 0 Å². The van der Waals surface area contributed by atoms with Crippen molar-refractivity contribution in [3.05, 3.63) is 29.3 Å². The third kappa shape index (κ3) is 3.71. The van der Waals surface area contributed by atoms with Crippen LogP contribution in [0, 0.1) is 12.8 Å². The fourth-order valence-corrected chi connectivity index (χ4v) is 1.84. The first-order chi connectivity index (χ1) is 9.08. The average molecular weight is 261 g/mol. The van der Waals surface area contributed by atoms with Gasteiger partial charge in [-0.3, -0.25) is 9.59 Å². The highest BCUT2D eigenvalue weighted by Crippen LogP contribution is 2.28. The summed E-state index contributed by atoms with van der Waals surface area (Å²) in [6, 6.07) is 5.33. The molecule has 1 aromatic rings. The van der Waals surface area contributed by atoms with Crippen LogP contribution in [-0.2, 0) is 4.79 Å². The molecule has 2 rings (SSSR count). The second-order valence-electron chi connectivity index (χ2n) is 4.91. The van der Waals surface area contributed by atoms with Crippen molar-refractivity contribution in [1.82, 2.24) is 10.6 Å². The molecule has 19 heavy (non-hydrogen) atoms. The van der Waals surface area contributed by atoms with E-state index in [1.54, 1.807) is 12.1 Å². The van der Waals surface area contributed by atoms with Gasteiger partial charge in [0, 0.05) is 24.7 Å². The normalized spacial score (nSPS) is 13.9. The van der Waals surface area contributed by atoms with Crippen molar-refractivity contribution in [2.24, 2.45) is 5.92 Å². The highest BCUT2D eigenvalue weighted by molar-refractivity contribution is 5.99. The summed E-state index contributed by atoms with van der Waals surface area (Å²) in [7, 11) is 0. The van der Waals surface area contributed by atoms with E-state index in [1.807, 2.05) is 13.0 Å². The number of carbonyl (C=O) groups excluding carboxylic acids is 2. The topological polar surface area (TPSA) is 84.2 Å². The second kappa shape index (κ2) is 5.73. The van der Waals surface area contributed by atoms with Crippen LogP contribution in [0.1, 0.15) is 28.8 Å². The van der Waals surface area contributed by atoms with Crippen LogP contribution in [0.15, 0.2) is 18.2 Å². The van der Waals surface area contributed by atoms with E-state index in [1.165, 1.54) is 0 Å². The maximum absolute atomic E-state index is 11.9. The number of amides is 2. The Bertz CT molecular complexity index is 495. The number of nitrogens with two attached hydrogens (primary N) is 1. The minimum absolute atomic E-state index is 0.0871. The summed E-state index contributed by atoms with van der Waals surface area (Å²) in [5.41, 5.74) is 7.75. The number of hydrogen-bond acceptors (Lipinski definition) is 3. The fourth-order valence-electron chi connectivity index (χ4n) is 1.84. The van der Waals surface area contributed by atoms with E-state index in [0.29, 0.717) is 24.3 Å². The SMILES string of the molecule is Cc1ccc(C(=O)NCCNC(=O)C2CC2)c(N)c1. The van der Waals surface area contributed by atoms with E-state index in [0.717, 1.165) is 18.4 Å². The average Bonchev–Trinajstić information content (AvgIpc) is 3.18. The van der Waals surface area contributed by atoms with Gasteiger partial charge in [0.2, 0.25) is 5.91 Å². The van der Waals surface area contributed by atoms with Crippen molar-refractivity contribution in [3.8, 4) is 0 Å². The van der Waals surface area contributed by atoms with Crippen LogP contribution in [0.25, 0.3) is 0 Å². The molecule has 0 radical (unpaired) electrons. The molecule has 0 saturated heterocycles. The van der Waals surface area contributed by atoms with E-state index in [2.05, 4.69) is 10.6 Å². The smallest absolute Gasteiger partial charge is 0.253 e. The van der Waals surface area contributed by atoms with Crippen molar-refractivity contribution in [1.29, 1.82) is 0 Å². The molecule has 1 aromatic carbocycles. The zero-order chi connectivity index (χ0) is 13.8. The molecule has 0 aromatic heterocycles. The summed E-state index contributed by atoms with van der Waals surface area (Å²) < 4.78 is 0. The van der Waals surface area contributed by atoms with Gasteiger partial charge in [-0.15, -0.1) is 0 Å². The quantitative estimate of drug-likeness (QED) is 0.542. The van der Waals surface area contributed by atoms with Crippen molar-refractivity contribution in [2.45, 2.75) is 19.8 Å². The summed E-state index contributed by atoms with van der Waals surface area (Å²) in [4.78, 5) is 23.2. The van der Waals surface area contributed by atoms with Gasteiger partial charge < -0.3 is 16.4 Å². The molecule has 102 valence electrons. The second-order valence-corrected chi connectivity index (χ2v) is 4.91. The van der Waals surface area contributed by atoms with Crippen molar-refractivity contribution in [2.75, 3.05) is 18.8 Å². The van der Waals surface area contributed by atoms with Crippen LogP contribution in [0.3, 0.4) is 0 Å². The van der Waals surface area contributed by atoms with E-state index in [9.17, 15) is 9.59 Å². The first-order valence-corrected chi connectivity index (χ1v) is 6.50. The molecule has 5 nitrogen and oxygen atoms in total. The Balaban J connectivity index is 1.75. The maximum atomic E-state index is 11.9. The van der Waals surface area contributed by atoms with Gasteiger partial charge in [0.1, 0.15) is 0 Å². The Labute approximate surface area is 112 Å². The van der Waals surface area contributed by atoms with Gasteiger partial charge in [-0.2, -0.15) is 0 Å². The maximum Gasteiger partial charge on any atom is 0.253 e. The molecule has 0 atom stereocenters. The first kappa shape index (κ1) is 13.4. The van der Waals surface area contributed by atoms with Crippen LogP contribution in [0.2, 0.25) is 0 Å². The van der Waals surface area contributed by atoms with Gasteiger partial charge in [0.05, 0.1) is 5.56 Å². The van der Waals surface area contributed by atoms with Gasteiger partial charge >= 0.3 is 0 Å². The van der Waals surface area contributed by atoms with Gasteiger partial charge in [0.25, 0.3) is 5.91 Å². The molecule has 1 saturated carbocycles. The molecule has 2 amide bonds. The highest BCUT2D eigenvalue weighted by atomic mass is 16.2. The number of nitrogen functional groups attached to an aromatic ring is 1. The predicted molar refractivity (Wildman–Crippen MR) is 73.7 cm³/mol. The Morgan fingerprint density at radius 2 is 1.95 bits per heavy atom. The van der Waals surface area contributed by atoms with Crippen LogP contribution < -0.4 is 16.4 Å². The van der Waals surface area contributed by atoms with Gasteiger partial charge in [-0.05, 0) is 37.5 Å². The molecule has 0 heterocycles. The van der Waals surface area contributed by atoms with Gasteiger partial charge in [0.15, 0.2) is 0 Å². The monoisotopic (exact) mass is 261 g/mol. The number of rotatable bonds is 5. The third-order valence-electron chi connectivity index (χ3n) is 3.11. The first-order valence-electron chi connectivity index (χ1n) is 6.50. The summed E-state index contributed by atoms with van der Waals surface area (Å²) in [5.74, 6) is 0.0747. The Kier molecular flexibility index (Phi) is 4.04. The molecule has 4 N–H and O–H groups in total. The molecule has 1 aliphatic rings. The number of anilines is 1.